The van der Waals surface area contributed by atoms with E-state index in [1.807, 2.05) is 13.8 Å². The van der Waals surface area contributed by atoms with Gasteiger partial charge in [0, 0.05) is 26.3 Å². The van der Waals surface area contributed by atoms with Crippen LogP contribution >= 0.6 is 0 Å². The number of aliphatic hydroxyl groups is 2. The van der Waals surface area contributed by atoms with Gasteiger partial charge in [-0.1, -0.05) is 13.8 Å². The second-order valence-corrected chi connectivity index (χ2v) is 5.49. The van der Waals surface area contributed by atoms with Crippen molar-refractivity contribution in [2.24, 2.45) is 0 Å². The molecule has 1 saturated heterocycles. The van der Waals surface area contributed by atoms with Crippen molar-refractivity contribution < 1.29 is 19.8 Å². The molecule has 1 rings (SSSR count). The van der Waals surface area contributed by atoms with Gasteiger partial charge in [-0.3, -0.25) is 9.69 Å². The molecule has 1 aliphatic heterocycles. The standard InChI is InChI=1S/C15H28N2O4/c1-3-15(4-2)13(20)16(9-5-7-11-18)14(21)17(15)10-6-8-12-19/h18-19H,3-12H2,1-2H3. The van der Waals surface area contributed by atoms with Crippen molar-refractivity contribution in [2.75, 3.05) is 26.3 Å². The molecular formula is C15H28N2O4. The van der Waals surface area contributed by atoms with E-state index in [-0.39, 0.29) is 25.2 Å². The van der Waals surface area contributed by atoms with Crippen molar-refractivity contribution in [3.63, 3.8) is 0 Å². The first-order valence-corrected chi connectivity index (χ1v) is 7.94. The maximum Gasteiger partial charge on any atom is 0.327 e. The van der Waals surface area contributed by atoms with Gasteiger partial charge in [0.1, 0.15) is 5.54 Å². The number of rotatable bonds is 10. The number of aliphatic hydroxyl groups excluding tert-OH is 2. The number of nitrogens with zero attached hydrogens (tertiary/aromatic N) is 2. The normalized spacial score (nSPS) is 17.9. The molecule has 0 spiro atoms. The first kappa shape index (κ1) is 17.9. The monoisotopic (exact) mass is 300 g/mol. The van der Waals surface area contributed by atoms with Crippen LogP contribution in [0.4, 0.5) is 4.79 Å². The van der Waals surface area contributed by atoms with Gasteiger partial charge in [0.2, 0.25) is 0 Å². The SMILES string of the molecule is CCC1(CC)C(=O)N(CCCCO)C(=O)N1CCCCO. The Kier molecular flexibility index (Phi) is 7.11. The van der Waals surface area contributed by atoms with Gasteiger partial charge in [-0.25, -0.2) is 4.79 Å². The number of urea groups is 1. The number of hydrogen-bond acceptors (Lipinski definition) is 4. The molecular weight excluding hydrogens is 272 g/mol. The van der Waals surface area contributed by atoms with Crippen LogP contribution in [0.15, 0.2) is 0 Å². The molecule has 0 aromatic carbocycles. The van der Waals surface area contributed by atoms with Crippen molar-refractivity contribution in [2.45, 2.75) is 57.9 Å². The van der Waals surface area contributed by atoms with Gasteiger partial charge in [-0.15, -0.1) is 0 Å². The molecule has 1 fully saturated rings. The maximum absolute atomic E-state index is 12.7. The van der Waals surface area contributed by atoms with Crippen molar-refractivity contribution >= 4 is 11.9 Å². The predicted octanol–water partition coefficient (Wildman–Crippen LogP) is 1.35. The first-order valence-electron chi connectivity index (χ1n) is 7.94. The Morgan fingerprint density at radius 1 is 0.905 bits per heavy atom. The van der Waals surface area contributed by atoms with E-state index in [0.29, 0.717) is 51.6 Å². The summed E-state index contributed by atoms with van der Waals surface area (Å²) in [6.45, 7) is 4.92. The van der Waals surface area contributed by atoms with Gasteiger partial charge < -0.3 is 15.1 Å². The maximum atomic E-state index is 12.7. The third-order valence-corrected chi connectivity index (χ3v) is 4.37. The molecule has 0 aliphatic carbocycles. The minimum atomic E-state index is -0.730. The number of carbonyl (C=O) groups is 2. The smallest absolute Gasteiger partial charge is 0.327 e. The molecule has 0 aromatic rings. The summed E-state index contributed by atoms with van der Waals surface area (Å²) < 4.78 is 0. The Labute approximate surface area is 126 Å². The second kappa shape index (κ2) is 8.34. The van der Waals surface area contributed by atoms with E-state index in [4.69, 9.17) is 10.2 Å². The van der Waals surface area contributed by atoms with Crippen LogP contribution in [-0.4, -0.2) is 63.8 Å². The minimum Gasteiger partial charge on any atom is -0.396 e. The zero-order chi connectivity index (χ0) is 15.9. The van der Waals surface area contributed by atoms with Crippen molar-refractivity contribution in [1.29, 1.82) is 0 Å². The zero-order valence-corrected chi connectivity index (χ0v) is 13.2. The fourth-order valence-corrected chi connectivity index (χ4v) is 2.99. The van der Waals surface area contributed by atoms with Gasteiger partial charge in [-0.05, 0) is 38.5 Å². The lowest BCUT2D eigenvalue weighted by molar-refractivity contribution is -0.133. The molecule has 0 atom stereocenters. The molecule has 0 radical (unpaired) electrons. The second-order valence-electron chi connectivity index (χ2n) is 5.49. The zero-order valence-electron chi connectivity index (χ0n) is 13.2. The van der Waals surface area contributed by atoms with Crippen LogP contribution in [0.2, 0.25) is 0 Å². The Morgan fingerprint density at radius 2 is 1.43 bits per heavy atom. The molecule has 122 valence electrons. The quantitative estimate of drug-likeness (QED) is 0.471. The largest absolute Gasteiger partial charge is 0.396 e. The summed E-state index contributed by atoms with van der Waals surface area (Å²) in [5.41, 5.74) is -0.730. The summed E-state index contributed by atoms with van der Waals surface area (Å²) >= 11 is 0. The molecule has 0 bridgehead atoms. The van der Waals surface area contributed by atoms with E-state index in [0.717, 1.165) is 0 Å². The highest BCUT2D eigenvalue weighted by atomic mass is 16.3. The van der Waals surface area contributed by atoms with Crippen LogP contribution in [0.1, 0.15) is 52.4 Å². The number of unbranched alkanes of at least 4 members (excludes halogenated alkanes) is 2. The Bertz CT molecular complexity index is 356. The van der Waals surface area contributed by atoms with Crippen LogP contribution in [0.5, 0.6) is 0 Å². The van der Waals surface area contributed by atoms with Crippen LogP contribution < -0.4 is 0 Å². The fraction of sp³-hybridized carbons (Fsp3) is 0.867. The number of carbonyl (C=O) groups excluding carboxylic acids is 2. The summed E-state index contributed by atoms with van der Waals surface area (Å²) in [4.78, 5) is 28.3. The van der Waals surface area contributed by atoms with E-state index in [9.17, 15) is 9.59 Å². The lowest BCUT2D eigenvalue weighted by atomic mass is 9.90. The molecule has 21 heavy (non-hydrogen) atoms. The van der Waals surface area contributed by atoms with E-state index in [1.165, 1.54) is 4.90 Å². The number of imide groups is 1. The van der Waals surface area contributed by atoms with E-state index in [2.05, 4.69) is 0 Å². The fourth-order valence-electron chi connectivity index (χ4n) is 2.99. The average Bonchev–Trinajstić information content (AvgIpc) is 2.69. The summed E-state index contributed by atoms with van der Waals surface area (Å²) in [5.74, 6) is -0.112. The third kappa shape index (κ3) is 3.55. The Balaban J connectivity index is 2.87. The molecule has 6 heteroatoms. The lowest BCUT2D eigenvalue weighted by Gasteiger charge is -2.33. The lowest BCUT2D eigenvalue weighted by Crippen LogP contribution is -2.49. The molecule has 3 amide bonds. The van der Waals surface area contributed by atoms with Crippen LogP contribution in [-0.2, 0) is 4.79 Å². The summed E-state index contributed by atoms with van der Waals surface area (Å²) in [5, 5.41) is 17.7. The summed E-state index contributed by atoms with van der Waals surface area (Å²) in [6, 6.07) is -0.223. The van der Waals surface area contributed by atoms with Gasteiger partial charge in [-0.2, -0.15) is 0 Å². The van der Waals surface area contributed by atoms with Crippen molar-refractivity contribution in [3.05, 3.63) is 0 Å². The Hall–Kier alpha value is -1.14. The van der Waals surface area contributed by atoms with Crippen LogP contribution in [0, 0.1) is 0 Å². The topological polar surface area (TPSA) is 81.1 Å². The molecule has 2 N–H and O–H groups in total. The van der Waals surface area contributed by atoms with E-state index in [1.54, 1.807) is 4.90 Å². The van der Waals surface area contributed by atoms with Gasteiger partial charge in [0.05, 0.1) is 0 Å². The molecule has 1 heterocycles. The van der Waals surface area contributed by atoms with Gasteiger partial charge in [0.15, 0.2) is 0 Å². The van der Waals surface area contributed by atoms with Crippen molar-refractivity contribution in [1.82, 2.24) is 9.80 Å². The highest BCUT2D eigenvalue weighted by Gasteiger charge is 2.54. The Morgan fingerprint density at radius 3 is 1.90 bits per heavy atom. The van der Waals surface area contributed by atoms with E-state index >= 15 is 0 Å². The average molecular weight is 300 g/mol. The summed E-state index contributed by atoms with van der Waals surface area (Å²) in [6.07, 6.45) is 3.75. The molecule has 0 aromatic heterocycles. The minimum absolute atomic E-state index is 0.0726. The molecule has 0 unspecified atom stereocenters. The van der Waals surface area contributed by atoms with Gasteiger partial charge >= 0.3 is 6.03 Å². The highest BCUT2D eigenvalue weighted by Crippen LogP contribution is 2.34. The number of amides is 3. The molecule has 6 nitrogen and oxygen atoms in total. The molecule has 0 saturated carbocycles. The number of hydrogen-bond donors (Lipinski definition) is 2. The van der Waals surface area contributed by atoms with Crippen molar-refractivity contribution in [3.8, 4) is 0 Å². The molecule has 1 aliphatic rings. The van der Waals surface area contributed by atoms with E-state index < -0.39 is 5.54 Å². The van der Waals surface area contributed by atoms with Gasteiger partial charge in [0.25, 0.3) is 5.91 Å². The first-order chi connectivity index (χ1) is 10.1. The predicted molar refractivity (Wildman–Crippen MR) is 79.8 cm³/mol. The van der Waals surface area contributed by atoms with Crippen LogP contribution in [0.25, 0.3) is 0 Å². The van der Waals surface area contributed by atoms with Crippen LogP contribution in [0.3, 0.4) is 0 Å². The highest BCUT2D eigenvalue weighted by molar-refractivity contribution is 6.07. The third-order valence-electron chi connectivity index (χ3n) is 4.37. The summed E-state index contributed by atoms with van der Waals surface area (Å²) in [7, 11) is 0.